The largest absolute Gasteiger partial charge is 0.387 e. The summed E-state index contributed by atoms with van der Waals surface area (Å²) in [5.41, 5.74) is -0.231. The topological polar surface area (TPSA) is 40.5 Å². The van der Waals surface area contributed by atoms with Crippen LogP contribution in [-0.4, -0.2) is 15.8 Å². The van der Waals surface area contributed by atoms with Gasteiger partial charge in [-0.3, -0.25) is 0 Å². The highest BCUT2D eigenvalue weighted by Crippen LogP contribution is 2.36. The van der Waals surface area contributed by atoms with Gasteiger partial charge in [-0.2, -0.15) is 11.3 Å². The normalized spacial score (nSPS) is 14.4. The van der Waals surface area contributed by atoms with Gasteiger partial charge < -0.3 is 10.2 Å². The van der Waals surface area contributed by atoms with E-state index in [9.17, 15) is 10.2 Å². The summed E-state index contributed by atoms with van der Waals surface area (Å²) < 4.78 is 0.871. The Kier molecular flexibility index (Phi) is 4.13. The van der Waals surface area contributed by atoms with Crippen LogP contribution in [0.25, 0.3) is 0 Å². The number of halogens is 1. The van der Waals surface area contributed by atoms with E-state index in [0.717, 1.165) is 10.0 Å². The van der Waals surface area contributed by atoms with Crippen LogP contribution in [0.3, 0.4) is 0 Å². The summed E-state index contributed by atoms with van der Waals surface area (Å²) in [5.74, 6) is 0. The van der Waals surface area contributed by atoms with Gasteiger partial charge in [-0.05, 0) is 34.2 Å². The van der Waals surface area contributed by atoms with E-state index >= 15 is 0 Å². The van der Waals surface area contributed by atoms with Crippen molar-refractivity contribution in [3.8, 4) is 0 Å². The predicted molar refractivity (Wildman–Crippen MR) is 62.5 cm³/mol. The molecule has 0 amide bonds. The standard InChI is InChI=1S/C10H15BrO2S/c1-3-10(13,4-2)9(12)7-5-14-6-8(7)11/h5-6,9,12-13H,3-4H2,1-2H3. The maximum Gasteiger partial charge on any atom is 0.110 e. The summed E-state index contributed by atoms with van der Waals surface area (Å²) in [6, 6.07) is 0. The number of aliphatic hydroxyl groups is 2. The van der Waals surface area contributed by atoms with Crippen LogP contribution < -0.4 is 0 Å². The van der Waals surface area contributed by atoms with Crippen molar-refractivity contribution in [3.63, 3.8) is 0 Å². The van der Waals surface area contributed by atoms with E-state index in [1.54, 1.807) is 0 Å². The average Bonchev–Trinajstić information content (AvgIpc) is 2.62. The molecular formula is C10H15BrO2S. The zero-order chi connectivity index (χ0) is 10.8. The van der Waals surface area contributed by atoms with Crippen molar-refractivity contribution < 1.29 is 10.2 Å². The van der Waals surface area contributed by atoms with E-state index in [1.807, 2.05) is 24.6 Å². The van der Waals surface area contributed by atoms with Crippen molar-refractivity contribution >= 4 is 27.3 Å². The van der Waals surface area contributed by atoms with Crippen LogP contribution in [0.1, 0.15) is 38.4 Å². The summed E-state index contributed by atoms with van der Waals surface area (Å²) in [5, 5.41) is 23.9. The molecule has 1 aromatic heterocycles. The van der Waals surface area contributed by atoms with Crippen molar-refractivity contribution in [2.24, 2.45) is 0 Å². The summed E-state index contributed by atoms with van der Waals surface area (Å²) in [6.45, 7) is 3.76. The Morgan fingerprint density at radius 2 is 2.00 bits per heavy atom. The third kappa shape index (κ3) is 2.19. The van der Waals surface area contributed by atoms with Crippen LogP contribution in [0.4, 0.5) is 0 Å². The Labute approximate surface area is 96.7 Å². The highest BCUT2D eigenvalue weighted by atomic mass is 79.9. The van der Waals surface area contributed by atoms with Crippen LogP contribution in [0.2, 0.25) is 0 Å². The van der Waals surface area contributed by atoms with E-state index < -0.39 is 11.7 Å². The number of aliphatic hydroxyl groups excluding tert-OH is 1. The highest BCUT2D eigenvalue weighted by molar-refractivity contribution is 9.10. The lowest BCUT2D eigenvalue weighted by Gasteiger charge is -2.30. The molecule has 0 spiro atoms. The fraction of sp³-hybridized carbons (Fsp3) is 0.600. The molecule has 14 heavy (non-hydrogen) atoms. The molecular weight excluding hydrogens is 264 g/mol. The SMILES string of the molecule is CCC(O)(CC)C(O)c1cscc1Br. The second kappa shape index (κ2) is 4.75. The average molecular weight is 279 g/mol. The van der Waals surface area contributed by atoms with Gasteiger partial charge in [0.1, 0.15) is 6.10 Å². The fourth-order valence-corrected chi connectivity index (χ4v) is 2.95. The Balaban J connectivity index is 2.94. The van der Waals surface area contributed by atoms with E-state index in [1.165, 1.54) is 11.3 Å². The lowest BCUT2D eigenvalue weighted by molar-refractivity contribution is -0.0822. The molecule has 2 nitrogen and oxygen atoms in total. The van der Waals surface area contributed by atoms with Gasteiger partial charge in [-0.1, -0.05) is 13.8 Å². The van der Waals surface area contributed by atoms with Crippen molar-refractivity contribution in [1.82, 2.24) is 0 Å². The maximum absolute atomic E-state index is 10.1. The minimum Gasteiger partial charge on any atom is -0.387 e. The molecule has 4 heteroatoms. The van der Waals surface area contributed by atoms with Crippen molar-refractivity contribution in [1.29, 1.82) is 0 Å². The van der Waals surface area contributed by atoms with E-state index in [4.69, 9.17) is 0 Å². The lowest BCUT2D eigenvalue weighted by Crippen LogP contribution is -2.34. The van der Waals surface area contributed by atoms with Crippen molar-refractivity contribution in [2.75, 3.05) is 0 Å². The Hall–Kier alpha value is 0.100. The smallest absolute Gasteiger partial charge is 0.110 e. The molecule has 1 rings (SSSR count). The molecule has 0 fully saturated rings. The Bertz CT molecular complexity index is 294. The predicted octanol–water partition coefficient (Wildman–Crippen LogP) is 3.10. The summed E-state index contributed by atoms with van der Waals surface area (Å²) in [4.78, 5) is 0. The van der Waals surface area contributed by atoms with Gasteiger partial charge in [0.05, 0.1) is 5.60 Å². The first-order valence-corrected chi connectivity index (χ1v) is 6.40. The van der Waals surface area contributed by atoms with Gasteiger partial charge in [-0.15, -0.1) is 0 Å². The molecule has 0 saturated heterocycles. The van der Waals surface area contributed by atoms with E-state index in [0.29, 0.717) is 12.8 Å². The molecule has 0 aliphatic rings. The van der Waals surface area contributed by atoms with Crippen LogP contribution in [0.5, 0.6) is 0 Å². The molecule has 80 valence electrons. The van der Waals surface area contributed by atoms with Gasteiger partial charge in [0.25, 0.3) is 0 Å². The minimum atomic E-state index is -1.01. The summed E-state index contributed by atoms with van der Waals surface area (Å²) in [6.07, 6.45) is 0.290. The molecule has 0 aliphatic carbocycles. The molecule has 0 radical (unpaired) electrons. The van der Waals surface area contributed by atoms with Gasteiger partial charge in [0.15, 0.2) is 0 Å². The molecule has 1 heterocycles. The first-order chi connectivity index (χ1) is 6.55. The maximum atomic E-state index is 10.1. The molecule has 1 aromatic rings. The molecule has 2 N–H and O–H groups in total. The Morgan fingerprint density at radius 1 is 1.43 bits per heavy atom. The van der Waals surface area contributed by atoms with Gasteiger partial charge >= 0.3 is 0 Å². The molecule has 1 unspecified atom stereocenters. The van der Waals surface area contributed by atoms with Crippen LogP contribution >= 0.6 is 27.3 Å². The lowest BCUT2D eigenvalue weighted by atomic mass is 9.87. The second-order valence-electron chi connectivity index (χ2n) is 3.39. The first-order valence-electron chi connectivity index (χ1n) is 4.67. The zero-order valence-electron chi connectivity index (χ0n) is 8.33. The van der Waals surface area contributed by atoms with Crippen molar-refractivity contribution in [3.05, 3.63) is 20.8 Å². The molecule has 0 bridgehead atoms. The zero-order valence-corrected chi connectivity index (χ0v) is 10.7. The summed E-state index contributed by atoms with van der Waals surface area (Å²) >= 11 is 4.87. The molecule has 0 saturated carbocycles. The van der Waals surface area contributed by atoms with E-state index in [2.05, 4.69) is 15.9 Å². The van der Waals surface area contributed by atoms with Gasteiger partial charge in [0, 0.05) is 15.4 Å². The fourth-order valence-electron chi connectivity index (χ4n) is 1.41. The number of hydrogen-bond donors (Lipinski definition) is 2. The van der Waals surface area contributed by atoms with Crippen LogP contribution in [0, 0.1) is 0 Å². The molecule has 0 aromatic carbocycles. The number of rotatable bonds is 4. The molecule has 0 aliphatic heterocycles. The van der Waals surface area contributed by atoms with E-state index in [-0.39, 0.29) is 0 Å². The minimum absolute atomic E-state index is 0.549. The first kappa shape index (κ1) is 12.2. The van der Waals surface area contributed by atoms with Crippen molar-refractivity contribution in [2.45, 2.75) is 38.4 Å². The number of hydrogen-bond acceptors (Lipinski definition) is 3. The molecule has 1 atom stereocenters. The van der Waals surface area contributed by atoms with Gasteiger partial charge in [0.2, 0.25) is 0 Å². The number of thiophene rings is 1. The van der Waals surface area contributed by atoms with Crippen LogP contribution in [-0.2, 0) is 0 Å². The highest BCUT2D eigenvalue weighted by Gasteiger charge is 2.34. The van der Waals surface area contributed by atoms with Crippen LogP contribution in [0.15, 0.2) is 15.2 Å². The Morgan fingerprint density at radius 3 is 2.36 bits per heavy atom. The second-order valence-corrected chi connectivity index (χ2v) is 4.99. The third-order valence-corrected chi connectivity index (χ3v) is 4.42. The summed E-state index contributed by atoms with van der Waals surface area (Å²) in [7, 11) is 0. The monoisotopic (exact) mass is 278 g/mol. The quantitative estimate of drug-likeness (QED) is 0.889. The van der Waals surface area contributed by atoms with Gasteiger partial charge in [-0.25, -0.2) is 0 Å². The third-order valence-electron chi connectivity index (χ3n) is 2.67.